The van der Waals surface area contributed by atoms with Crippen molar-refractivity contribution in [1.82, 2.24) is 9.78 Å². The molecule has 0 saturated heterocycles. The number of rotatable bonds is 2. The van der Waals surface area contributed by atoms with Crippen LogP contribution in [0.5, 0.6) is 0 Å². The average Bonchev–Trinajstić information content (AvgIpc) is 2.72. The summed E-state index contributed by atoms with van der Waals surface area (Å²) >= 11 is 0. The molecular weight excluding hydrogens is 174 g/mol. The summed E-state index contributed by atoms with van der Waals surface area (Å²) in [6, 6.07) is 11.8. The second kappa shape index (κ2) is 3.27. The number of nitrogens with two attached hydrogens (primary N) is 1. The molecule has 0 spiro atoms. The SMILES string of the molecule is CC(N)(c1ccccc1)n1cccn1. The van der Waals surface area contributed by atoms with E-state index >= 15 is 0 Å². The van der Waals surface area contributed by atoms with Crippen molar-refractivity contribution in [3.8, 4) is 0 Å². The summed E-state index contributed by atoms with van der Waals surface area (Å²) in [4.78, 5) is 0. The molecule has 2 rings (SSSR count). The molecule has 0 saturated carbocycles. The topological polar surface area (TPSA) is 43.8 Å². The van der Waals surface area contributed by atoms with Crippen molar-refractivity contribution in [1.29, 1.82) is 0 Å². The van der Waals surface area contributed by atoms with E-state index in [0.717, 1.165) is 5.56 Å². The Bertz CT molecular complexity index is 390. The molecule has 3 heteroatoms. The first-order chi connectivity index (χ1) is 6.71. The van der Waals surface area contributed by atoms with Gasteiger partial charge in [-0.3, -0.25) is 0 Å². The monoisotopic (exact) mass is 187 g/mol. The number of aromatic nitrogens is 2. The van der Waals surface area contributed by atoms with Crippen molar-refractivity contribution in [3.63, 3.8) is 0 Å². The van der Waals surface area contributed by atoms with Gasteiger partial charge in [0.05, 0.1) is 0 Å². The minimum atomic E-state index is -0.579. The molecule has 1 aromatic carbocycles. The van der Waals surface area contributed by atoms with Crippen LogP contribution in [-0.4, -0.2) is 9.78 Å². The van der Waals surface area contributed by atoms with Crippen LogP contribution in [0.2, 0.25) is 0 Å². The number of nitrogens with zero attached hydrogens (tertiary/aromatic N) is 2. The van der Waals surface area contributed by atoms with Gasteiger partial charge in [0.2, 0.25) is 0 Å². The summed E-state index contributed by atoms with van der Waals surface area (Å²) in [7, 11) is 0. The fourth-order valence-corrected chi connectivity index (χ4v) is 1.45. The Hall–Kier alpha value is -1.61. The normalized spacial score (nSPS) is 15.0. The van der Waals surface area contributed by atoms with Crippen LogP contribution in [-0.2, 0) is 5.66 Å². The molecule has 0 aliphatic carbocycles. The van der Waals surface area contributed by atoms with Crippen molar-refractivity contribution < 1.29 is 0 Å². The molecule has 0 amide bonds. The predicted molar refractivity (Wildman–Crippen MR) is 55.6 cm³/mol. The Morgan fingerprint density at radius 1 is 1.21 bits per heavy atom. The van der Waals surface area contributed by atoms with Gasteiger partial charge in [0.25, 0.3) is 0 Å². The van der Waals surface area contributed by atoms with Crippen LogP contribution in [0.25, 0.3) is 0 Å². The van der Waals surface area contributed by atoms with Crippen LogP contribution >= 0.6 is 0 Å². The van der Waals surface area contributed by atoms with E-state index in [2.05, 4.69) is 5.10 Å². The zero-order valence-corrected chi connectivity index (χ0v) is 8.09. The largest absolute Gasteiger partial charge is 0.304 e. The number of hydrogen-bond acceptors (Lipinski definition) is 2. The summed E-state index contributed by atoms with van der Waals surface area (Å²) in [6.07, 6.45) is 3.60. The van der Waals surface area contributed by atoms with Gasteiger partial charge in [-0.1, -0.05) is 30.3 Å². The maximum atomic E-state index is 6.20. The van der Waals surface area contributed by atoms with Crippen molar-refractivity contribution in [2.45, 2.75) is 12.6 Å². The number of benzene rings is 1. The average molecular weight is 187 g/mol. The van der Waals surface area contributed by atoms with Crippen LogP contribution < -0.4 is 5.73 Å². The van der Waals surface area contributed by atoms with Gasteiger partial charge in [-0.15, -0.1) is 0 Å². The molecule has 1 aromatic heterocycles. The third-order valence-electron chi connectivity index (χ3n) is 2.34. The first kappa shape index (κ1) is 8.97. The van der Waals surface area contributed by atoms with E-state index in [1.54, 1.807) is 10.9 Å². The third kappa shape index (κ3) is 1.42. The Morgan fingerprint density at radius 3 is 2.50 bits per heavy atom. The van der Waals surface area contributed by atoms with Gasteiger partial charge < -0.3 is 5.73 Å². The van der Waals surface area contributed by atoms with Crippen molar-refractivity contribution >= 4 is 0 Å². The lowest BCUT2D eigenvalue weighted by molar-refractivity contribution is 0.367. The van der Waals surface area contributed by atoms with E-state index in [1.807, 2.05) is 49.5 Å². The third-order valence-corrected chi connectivity index (χ3v) is 2.34. The van der Waals surface area contributed by atoms with E-state index < -0.39 is 5.66 Å². The van der Waals surface area contributed by atoms with Crippen LogP contribution in [0.4, 0.5) is 0 Å². The van der Waals surface area contributed by atoms with Crippen LogP contribution in [0.1, 0.15) is 12.5 Å². The summed E-state index contributed by atoms with van der Waals surface area (Å²) in [5.41, 5.74) is 6.67. The smallest absolute Gasteiger partial charge is 0.132 e. The summed E-state index contributed by atoms with van der Waals surface area (Å²) < 4.78 is 1.75. The molecule has 14 heavy (non-hydrogen) atoms. The molecule has 0 bridgehead atoms. The highest BCUT2D eigenvalue weighted by molar-refractivity contribution is 5.22. The molecule has 72 valence electrons. The van der Waals surface area contributed by atoms with Gasteiger partial charge in [0, 0.05) is 12.4 Å². The van der Waals surface area contributed by atoms with Gasteiger partial charge in [-0.25, -0.2) is 4.68 Å². The van der Waals surface area contributed by atoms with E-state index in [-0.39, 0.29) is 0 Å². The van der Waals surface area contributed by atoms with Crippen molar-refractivity contribution in [3.05, 3.63) is 54.4 Å². The predicted octanol–water partition coefficient (Wildman–Crippen LogP) is 1.56. The Morgan fingerprint density at radius 2 is 1.93 bits per heavy atom. The van der Waals surface area contributed by atoms with Gasteiger partial charge in [0.15, 0.2) is 0 Å². The van der Waals surface area contributed by atoms with Gasteiger partial charge in [-0.2, -0.15) is 5.10 Å². The second-order valence-corrected chi connectivity index (χ2v) is 3.46. The van der Waals surface area contributed by atoms with Crippen LogP contribution in [0.3, 0.4) is 0 Å². The maximum absolute atomic E-state index is 6.20. The molecular formula is C11H13N3. The summed E-state index contributed by atoms with van der Waals surface area (Å²) in [5, 5.41) is 4.16. The quantitative estimate of drug-likeness (QED) is 0.775. The minimum Gasteiger partial charge on any atom is -0.304 e. The first-order valence-corrected chi connectivity index (χ1v) is 4.56. The fraction of sp³-hybridized carbons (Fsp3) is 0.182. The minimum absolute atomic E-state index is 0.579. The van der Waals surface area contributed by atoms with Crippen LogP contribution in [0.15, 0.2) is 48.8 Å². The standard InChI is InChI=1S/C11H13N3/c1-11(12,14-9-5-8-13-14)10-6-3-2-4-7-10/h2-9H,12H2,1H3. The van der Waals surface area contributed by atoms with E-state index in [4.69, 9.17) is 5.73 Å². The summed E-state index contributed by atoms with van der Waals surface area (Å²) in [5.74, 6) is 0. The molecule has 0 aliphatic rings. The van der Waals surface area contributed by atoms with Gasteiger partial charge in [0.1, 0.15) is 5.66 Å². The Labute approximate surface area is 83.2 Å². The highest BCUT2D eigenvalue weighted by Gasteiger charge is 2.22. The van der Waals surface area contributed by atoms with E-state index in [9.17, 15) is 0 Å². The van der Waals surface area contributed by atoms with E-state index in [0.29, 0.717) is 0 Å². The Kier molecular flexibility index (Phi) is 2.09. The zero-order valence-electron chi connectivity index (χ0n) is 8.09. The van der Waals surface area contributed by atoms with Gasteiger partial charge >= 0.3 is 0 Å². The zero-order chi connectivity index (χ0) is 10.0. The van der Waals surface area contributed by atoms with Gasteiger partial charge in [-0.05, 0) is 18.6 Å². The highest BCUT2D eigenvalue weighted by Crippen LogP contribution is 2.18. The fourth-order valence-electron chi connectivity index (χ4n) is 1.45. The van der Waals surface area contributed by atoms with Crippen molar-refractivity contribution in [2.75, 3.05) is 0 Å². The second-order valence-electron chi connectivity index (χ2n) is 3.46. The molecule has 3 nitrogen and oxygen atoms in total. The molecule has 0 aliphatic heterocycles. The Balaban J connectivity index is 2.43. The molecule has 2 aromatic rings. The maximum Gasteiger partial charge on any atom is 0.132 e. The molecule has 1 unspecified atom stereocenters. The molecule has 0 radical (unpaired) electrons. The molecule has 0 fully saturated rings. The van der Waals surface area contributed by atoms with Crippen molar-refractivity contribution in [2.24, 2.45) is 5.73 Å². The molecule has 1 heterocycles. The van der Waals surface area contributed by atoms with E-state index in [1.165, 1.54) is 0 Å². The lowest BCUT2D eigenvalue weighted by Crippen LogP contribution is -2.41. The lowest BCUT2D eigenvalue weighted by atomic mass is 10.0. The lowest BCUT2D eigenvalue weighted by Gasteiger charge is -2.25. The highest BCUT2D eigenvalue weighted by atomic mass is 15.3. The molecule has 1 atom stereocenters. The number of hydrogen-bond donors (Lipinski definition) is 1. The first-order valence-electron chi connectivity index (χ1n) is 4.56. The molecule has 2 N–H and O–H groups in total. The summed E-state index contributed by atoms with van der Waals surface area (Å²) in [6.45, 7) is 1.94. The van der Waals surface area contributed by atoms with Crippen LogP contribution in [0, 0.1) is 0 Å².